The zero-order chi connectivity index (χ0) is 12.8. The Bertz CT molecular complexity index is 374. The van der Waals surface area contributed by atoms with Gasteiger partial charge in [0.25, 0.3) is 0 Å². The average molecular weight is 242 g/mol. The van der Waals surface area contributed by atoms with Crippen molar-refractivity contribution in [2.24, 2.45) is 0 Å². The van der Waals surface area contributed by atoms with Gasteiger partial charge in [-0.3, -0.25) is 0 Å². The Labute approximate surface area is 98.4 Å². The summed E-state index contributed by atoms with van der Waals surface area (Å²) in [5.41, 5.74) is 0. The summed E-state index contributed by atoms with van der Waals surface area (Å²) in [5.74, 6) is -0.586. The van der Waals surface area contributed by atoms with Gasteiger partial charge in [0.1, 0.15) is 0 Å². The van der Waals surface area contributed by atoms with Gasteiger partial charge in [0.2, 0.25) is 11.8 Å². The molecule has 0 aliphatic rings. The van der Waals surface area contributed by atoms with Crippen molar-refractivity contribution in [2.75, 3.05) is 14.2 Å². The minimum absolute atomic E-state index is 0.0875. The van der Waals surface area contributed by atoms with Crippen molar-refractivity contribution >= 4 is 5.97 Å². The lowest BCUT2D eigenvalue weighted by Crippen LogP contribution is -2.26. The summed E-state index contributed by atoms with van der Waals surface area (Å²) in [6, 6.07) is 1.38. The van der Waals surface area contributed by atoms with E-state index in [9.17, 15) is 4.79 Å². The summed E-state index contributed by atoms with van der Waals surface area (Å²) >= 11 is 0. The van der Waals surface area contributed by atoms with Crippen molar-refractivity contribution in [2.45, 2.75) is 19.4 Å². The molecule has 1 rings (SSSR count). The molecule has 1 N–H and O–H groups in total. The monoisotopic (exact) mass is 242 g/mol. The summed E-state index contributed by atoms with van der Waals surface area (Å²) in [6.45, 7) is 1.69. The van der Waals surface area contributed by atoms with Crippen molar-refractivity contribution in [3.8, 4) is 17.8 Å². The molecule has 1 heterocycles. The highest BCUT2D eigenvalue weighted by atomic mass is 16.5. The average Bonchev–Trinajstić information content (AvgIpc) is 2.34. The third kappa shape index (κ3) is 3.47. The first-order chi connectivity index (χ1) is 8.10. The second-order valence-electron chi connectivity index (χ2n) is 3.09. The lowest BCUT2D eigenvalue weighted by molar-refractivity contribution is -0.145. The smallest absolute Gasteiger partial charge is 0.345 e. The van der Waals surface area contributed by atoms with Gasteiger partial charge < -0.3 is 19.3 Å². The molecular formula is C10H14N2O5. The number of nitrogens with zero attached hydrogens (tertiary/aromatic N) is 2. The van der Waals surface area contributed by atoms with Gasteiger partial charge in [0.15, 0.2) is 6.10 Å². The van der Waals surface area contributed by atoms with Gasteiger partial charge in [-0.1, -0.05) is 6.92 Å². The number of aliphatic carboxylic acids is 1. The number of hydrogen-bond donors (Lipinski definition) is 1. The number of rotatable bonds is 6. The van der Waals surface area contributed by atoms with E-state index in [1.807, 2.05) is 0 Å². The molecule has 0 spiro atoms. The lowest BCUT2D eigenvalue weighted by Gasteiger charge is -2.12. The fourth-order valence-corrected chi connectivity index (χ4v) is 1.08. The van der Waals surface area contributed by atoms with Crippen LogP contribution < -0.4 is 14.2 Å². The molecule has 1 aromatic heterocycles. The molecule has 0 amide bonds. The first-order valence-electron chi connectivity index (χ1n) is 4.97. The van der Waals surface area contributed by atoms with Crippen molar-refractivity contribution in [1.82, 2.24) is 9.97 Å². The number of methoxy groups -OCH3 is 2. The summed E-state index contributed by atoms with van der Waals surface area (Å²) < 4.78 is 15.0. The molecule has 0 aliphatic heterocycles. The molecule has 0 radical (unpaired) electrons. The molecule has 0 fully saturated rings. The maximum atomic E-state index is 10.8. The van der Waals surface area contributed by atoms with Crippen molar-refractivity contribution in [1.29, 1.82) is 0 Å². The molecule has 0 aliphatic carbocycles. The number of carboxylic acids is 1. The fourth-order valence-electron chi connectivity index (χ4n) is 1.08. The molecule has 0 saturated carbocycles. The molecule has 7 heteroatoms. The highest BCUT2D eigenvalue weighted by Crippen LogP contribution is 2.19. The molecule has 0 saturated heterocycles. The van der Waals surface area contributed by atoms with Gasteiger partial charge in [-0.2, -0.15) is 9.97 Å². The van der Waals surface area contributed by atoms with E-state index in [2.05, 4.69) is 9.97 Å². The predicted octanol–water partition coefficient (Wildman–Crippen LogP) is 0.736. The van der Waals surface area contributed by atoms with E-state index >= 15 is 0 Å². The quantitative estimate of drug-likeness (QED) is 0.786. The second kappa shape index (κ2) is 5.88. The molecular weight excluding hydrogens is 228 g/mol. The summed E-state index contributed by atoms with van der Waals surface area (Å²) in [4.78, 5) is 18.5. The van der Waals surface area contributed by atoms with Crippen LogP contribution in [0.2, 0.25) is 0 Å². The highest BCUT2D eigenvalue weighted by Gasteiger charge is 2.19. The molecule has 17 heavy (non-hydrogen) atoms. The van der Waals surface area contributed by atoms with Gasteiger partial charge in [-0.15, -0.1) is 0 Å². The molecule has 94 valence electrons. The first-order valence-corrected chi connectivity index (χ1v) is 4.97. The first kappa shape index (κ1) is 13.0. The van der Waals surface area contributed by atoms with Crippen LogP contribution in [0.3, 0.4) is 0 Å². The molecule has 7 nitrogen and oxygen atoms in total. The lowest BCUT2D eigenvalue weighted by atomic mass is 10.3. The molecule has 1 aromatic rings. The number of ether oxygens (including phenoxy) is 3. The van der Waals surface area contributed by atoms with Crippen LogP contribution in [0.1, 0.15) is 13.3 Å². The van der Waals surface area contributed by atoms with Crippen LogP contribution in [0.5, 0.6) is 17.8 Å². The summed E-state index contributed by atoms with van der Waals surface area (Å²) in [7, 11) is 2.86. The zero-order valence-electron chi connectivity index (χ0n) is 9.84. The van der Waals surface area contributed by atoms with Crippen LogP contribution in [-0.2, 0) is 4.79 Å². The largest absolute Gasteiger partial charge is 0.481 e. The van der Waals surface area contributed by atoms with E-state index < -0.39 is 12.1 Å². The molecule has 0 bridgehead atoms. The van der Waals surface area contributed by atoms with Gasteiger partial charge in [-0.25, -0.2) is 4.79 Å². The van der Waals surface area contributed by atoms with Crippen LogP contribution in [-0.4, -0.2) is 41.4 Å². The Kier molecular flexibility index (Phi) is 4.50. The standard InChI is InChI=1S/C10H14N2O5/c1-4-6(9(13)14)17-10-11-7(15-2)5-8(12-10)16-3/h5-6H,4H2,1-3H3,(H,13,14)/t6-/m1/s1. The molecule has 0 aromatic carbocycles. The second-order valence-corrected chi connectivity index (χ2v) is 3.09. The third-order valence-corrected chi connectivity index (χ3v) is 1.97. The SMILES string of the molecule is CC[C@@H](Oc1nc(OC)cc(OC)n1)C(=O)O. The number of carboxylic acid groups (broad SMARTS) is 1. The van der Waals surface area contributed by atoms with E-state index in [-0.39, 0.29) is 17.8 Å². The van der Waals surface area contributed by atoms with Crippen LogP contribution in [0.15, 0.2) is 6.07 Å². The Hall–Kier alpha value is -2.05. The normalized spacial score (nSPS) is 11.7. The fraction of sp³-hybridized carbons (Fsp3) is 0.500. The Morgan fingerprint density at radius 3 is 2.24 bits per heavy atom. The van der Waals surface area contributed by atoms with E-state index in [1.165, 1.54) is 20.3 Å². The maximum Gasteiger partial charge on any atom is 0.345 e. The summed E-state index contributed by atoms with van der Waals surface area (Å²) in [6.07, 6.45) is -0.690. The highest BCUT2D eigenvalue weighted by molar-refractivity contribution is 5.72. The number of hydrogen-bond acceptors (Lipinski definition) is 6. The zero-order valence-corrected chi connectivity index (χ0v) is 9.84. The van der Waals surface area contributed by atoms with Crippen molar-refractivity contribution in [3.63, 3.8) is 0 Å². The Morgan fingerprint density at radius 1 is 1.35 bits per heavy atom. The third-order valence-electron chi connectivity index (χ3n) is 1.97. The van der Waals surface area contributed by atoms with E-state index in [4.69, 9.17) is 19.3 Å². The number of carbonyl (C=O) groups is 1. The van der Waals surface area contributed by atoms with Gasteiger partial charge >= 0.3 is 12.0 Å². The maximum absolute atomic E-state index is 10.8. The Morgan fingerprint density at radius 2 is 1.88 bits per heavy atom. The van der Waals surface area contributed by atoms with Gasteiger partial charge in [-0.05, 0) is 6.42 Å². The predicted molar refractivity (Wildman–Crippen MR) is 57.5 cm³/mol. The Balaban J connectivity index is 2.92. The van der Waals surface area contributed by atoms with E-state index in [1.54, 1.807) is 6.92 Å². The molecule has 1 atom stereocenters. The topological polar surface area (TPSA) is 90.8 Å². The van der Waals surface area contributed by atoms with E-state index in [0.29, 0.717) is 6.42 Å². The van der Waals surface area contributed by atoms with Gasteiger partial charge in [0, 0.05) is 0 Å². The molecule has 0 unspecified atom stereocenters. The van der Waals surface area contributed by atoms with Crippen LogP contribution in [0.25, 0.3) is 0 Å². The number of aromatic nitrogens is 2. The minimum atomic E-state index is -1.07. The van der Waals surface area contributed by atoms with Crippen molar-refractivity contribution in [3.05, 3.63) is 6.07 Å². The van der Waals surface area contributed by atoms with Crippen LogP contribution >= 0.6 is 0 Å². The van der Waals surface area contributed by atoms with Crippen LogP contribution in [0, 0.1) is 0 Å². The van der Waals surface area contributed by atoms with Gasteiger partial charge in [0.05, 0.1) is 20.3 Å². The minimum Gasteiger partial charge on any atom is -0.481 e. The summed E-state index contributed by atoms with van der Waals surface area (Å²) in [5, 5.41) is 8.84. The van der Waals surface area contributed by atoms with E-state index in [0.717, 1.165) is 0 Å². The van der Waals surface area contributed by atoms with Crippen molar-refractivity contribution < 1.29 is 24.1 Å². The van der Waals surface area contributed by atoms with Crippen LogP contribution in [0.4, 0.5) is 0 Å².